The molecule has 0 spiro atoms. The lowest BCUT2D eigenvalue weighted by atomic mass is 9.78. The molecule has 0 amide bonds. The second kappa shape index (κ2) is 30.8. The van der Waals surface area contributed by atoms with Crippen molar-refractivity contribution in [3.8, 4) is 28.9 Å². The summed E-state index contributed by atoms with van der Waals surface area (Å²) in [6.07, 6.45) is 12.1. The smallest absolute Gasteiger partial charge is 0.472 e. The first-order valence-corrected chi connectivity index (χ1v) is 30.8. The zero-order valence-corrected chi connectivity index (χ0v) is 53.2. The van der Waals surface area contributed by atoms with E-state index in [0.717, 1.165) is 135 Å². The van der Waals surface area contributed by atoms with E-state index in [-0.39, 0.29) is 56.8 Å². The first-order valence-electron chi connectivity index (χ1n) is 29.2. The average molecular weight is 1310 g/mol. The number of aliphatic hydroxyl groups is 3. The molecule has 3 N–H and O–H groups in total. The summed E-state index contributed by atoms with van der Waals surface area (Å²) in [6.45, 7) is 19.3. The average Bonchev–Trinajstić information content (AvgIpc) is 1.88. The summed E-state index contributed by atoms with van der Waals surface area (Å²) >= 11 is 6.65. The third-order valence-electron chi connectivity index (χ3n) is 15.8. The number of ether oxygens (including phenoxy) is 3. The monoisotopic (exact) mass is 1310 g/mol. The number of hydrogen-bond donors (Lipinski definition) is 3. The van der Waals surface area contributed by atoms with Crippen molar-refractivity contribution in [3.05, 3.63) is 201 Å². The maximum atomic E-state index is 10.0. The van der Waals surface area contributed by atoms with Crippen LogP contribution in [0.2, 0.25) is 0 Å². The Balaban J connectivity index is 0.000000160. The Hall–Kier alpha value is -6.97. The van der Waals surface area contributed by atoms with Crippen molar-refractivity contribution in [1.29, 1.82) is 0 Å². The minimum Gasteiger partial charge on any atom is -0.472 e. The van der Waals surface area contributed by atoms with Crippen LogP contribution in [-0.2, 0) is 29.1 Å². The van der Waals surface area contributed by atoms with Gasteiger partial charge in [0, 0.05) is 132 Å². The van der Waals surface area contributed by atoms with Crippen molar-refractivity contribution in [2.45, 2.75) is 124 Å². The van der Waals surface area contributed by atoms with E-state index in [1.54, 1.807) is 12.4 Å². The van der Waals surface area contributed by atoms with Gasteiger partial charge in [-0.2, -0.15) is 0 Å². The Morgan fingerprint density at radius 1 is 0.506 bits per heavy atom. The summed E-state index contributed by atoms with van der Waals surface area (Å²) in [7, 11) is -0.434. The molecular formula is C68H81BBr2N8O8. The molecule has 4 aliphatic rings. The van der Waals surface area contributed by atoms with E-state index in [9.17, 15) is 15.3 Å². The zero-order valence-electron chi connectivity index (χ0n) is 50.0. The van der Waals surface area contributed by atoms with Crippen LogP contribution in [0.3, 0.4) is 0 Å². The van der Waals surface area contributed by atoms with Crippen LogP contribution in [0.1, 0.15) is 87.8 Å². The van der Waals surface area contributed by atoms with Crippen LogP contribution in [0, 0.1) is 20.8 Å². The summed E-state index contributed by atoms with van der Waals surface area (Å²) < 4.78 is 32.2. The van der Waals surface area contributed by atoms with E-state index in [1.165, 1.54) is 0 Å². The molecule has 19 heteroatoms. The maximum Gasteiger partial charge on any atom is 0.494 e. The number of aryl methyl sites for hydroxylation is 3. The van der Waals surface area contributed by atoms with Gasteiger partial charge in [0.15, 0.2) is 0 Å². The second-order valence-electron chi connectivity index (χ2n) is 22.9. The normalized spacial score (nSPS) is 18.1. The van der Waals surface area contributed by atoms with Crippen LogP contribution < -0.4 is 34.4 Å². The molecule has 9 heterocycles. The molecule has 4 saturated heterocycles. The fraction of sp³-hybridized carbons (Fsp3) is 0.368. The van der Waals surface area contributed by atoms with Gasteiger partial charge in [0.05, 0.1) is 56.4 Å². The number of rotatable bonds is 14. The number of nitrogens with zero attached hydrogens (tertiary/aromatic N) is 8. The van der Waals surface area contributed by atoms with Crippen molar-refractivity contribution in [1.82, 2.24) is 24.9 Å². The summed E-state index contributed by atoms with van der Waals surface area (Å²) in [4.78, 5) is 28.1. The third-order valence-corrected chi connectivity index (χ3v) is 16.8. The number of aromatic nitrogens is 5. The van der Waals surface area contributed by atoms with Crippen LogP contribution in [0.5, 0.6) is 17.6 Å². The molecule has 0 bridgehead atoms. The van der Waals surface area contributed by atoms with Crippen molar-refractivity contribution >= 4 is 61.5 Å². The molecule has 4 aliphatic heterocycles. The van der Waals surface area contributed by atoms with Crippen LogP contribution in [0.15, 0.2) is 167 Å². The lowest BCUT2D eigenvalue weighted by Crippen LogP contribution is -2.41. The van der Waals surface area contributed by atoms with Gasteiger partial charge < -0.3 is 53.5 Å². The highest BCUT2D eigenvalue weighted by atomic mass is 79.9. The third kappa shape index (κ3) is 17.9. The highest BCUT2D eigenvalue weighted by molar-refractivity contribution is 9.10. The molecule has 4 fully saturated rings. The Labute approximate surface area is 530 Å². The van der Waals surface area contributed by atoms with Crippen LogP contribution in [-0.4, -0.2) is 116 Å². The van der Waals surface area contributed by atoms with Gasteiger partial charge in [-0.05, 0) is 147 Å². The van der Waals surface area contributed by atoms with Gasteiger partial charge in [0.1, 0.15) is 22.9 Å². The van der Waals surface area contributed by atoms with Crippen LogP contribution in [0.4, 0.5) is 17.1 Å². The SMILES string of the molecule is Brc1ccccn1.C.Cc1ccc(O[C@H]2CCN(c3ccc(-c4ccccn4)cc3CO)C2)nc1.Cc1ccc(O[C@H]2CCN(c3ccc(B4OC(C)(C)C(C)(C)O4)cc3CO)C2)nc1.Cc1ccc(O[C@H]2CCN(c3ccc(Br)cc3CO)C2)nc1. The topological polar surface area (TPSA) is 181 Å². The minimum atomic E-state index is -0.434. The molecule has 0 aliphatic carbocycles. The van der Waals surface area contributed by atoms with Crippen LogP contribution >= 0.6 is 31.9 Å². The van der Waals surface area contributed by atoms with Gasteiger partial charge in [-0.3, -0.25) is 4.98 Å². The maximum absolute atomic E-state index is 10.0. The quantitative estimate of drug-likeness (QED) is 0.0690. The minimum absolute atomic E-state index is 0. The van der Waals surface area contributed by atoms with Gasteiger partial charge in [-0.1, -0.05) is 71.9 Å². The summed E-state index contributed by atoms with van der Waals surface area (Å²) in [5, 5.41) is 29.5. The Morgan fingerprint density at radius 3 is 1.32 bits per heavy atom. The number of aliphatic hydroxyl groups excluding tert-OH is 3. The Morgan fingerprint density at radius 2 is 0.931 bits per heavy atom. The number of halogens is 2. The van der Waals surface area contributed by atoms with E-state index < -0.39 is 7.12 Å². The lowest BCUT2D eigenvalue weighted by Gasteiger charge is -2.32. The summed E-state index contributed by atoms with van der Waals surface area (Å²) in [5.41, 5.74) is 11.3. The van der Waals surface area contributed by atoms with E-state index in [4.69, 9.17) is 23.5 Å². The summed E-state index contributed by atoms with van der Waals surface area (Å²) in [5.74, 6) is 2.00. The second-order valence-corrected chi connectivity index (χ2v) is 24.6. The van der Waals surface area contributed by atoms with Gasteiger partial charge in [0.2, 0.25) is 17.6 Å². The van der Waals surface area contributed by atoms with E-state index in [0.29, 0.717) is 17.6 Å². The van der Waals surface area contributed by atoms with Gasteiger partial charge >= 0.3 is 7.12 Å². The first-order chi connectivity index (χ1) is 41.5. The summed E-state index contributed by atoms with van der Waals surface area (Å²) in [6, 6.07) is 41.6. The molecule has 8 aromatic rings. The van der Waals surface area contributed by atoms with Crippen molar-refractivity contribution < 1.29 is 38.8 Å². The molecule has 0 unspecified atom stereocenters. The highest BCUT2D eigenvalue weighted by Crippen LogP contribution is 2.38. The fourth-order valence-corrected chi connectivity index (χ4v) is 11.1. The van der Waals surface area contributed by atoms with Crippen molar-refractivity contribution in [3.63, 3.8) is 0 Å². The standard InChI is InChI=1S/C23H31BN2O4.C22H23N3O2.C17H19BrN2O2.C5H4BrN.CH4/c1-16-6-9-21(25-13-16)28-19-10-11-26(14-19)20-8-7-18(12-17(20)15-27)24-29-22(2,3)23(4,5)30-24;1-16-5-8-22(24-13-16)27-19-9-11-25(14-19)21-7-6-17(12-18(21)15-26)20-4-2-3-10-23-20;1-12-2-5-17(19-9-12)22-15-6-7-20(10-15)16-4-3-14(18)8-13(16)11-21;6-5-3-1-2-4-7-5;/h6-9,12-13,19,27H,10-11,14-15H2,1-5H3;2-8,10,12-13,19,26H,9,11,14-15H2,1H3;2-5,8-9,15,21H,6-7,10-11H2,1H3;1-4H;1H4/t2*19-;15-;;/m000../s1. The number of benzene rings is 3. The zero-order chi connectivity index (χ0) is 60.8. The van der Waals surface area contributed by atoms with Crippen molar-refractivity contribution in [2.24, 2.45) is 0 Å². The molecule has 5 aromatic heterocycles. The molecule has 0 saturated carbocycles. The first kappa shape index (κ1) is 66.0. The predicted octanol–water partition coefficient (Wildman–Crippen LogP) is 12.2. The Bertz CT molecular complexity index is 3410. The lowest BCUT2D eigenvalue weighted by molar-refractivity contribution is 0.00578. The van der Waals surface area contributed by atoms with Crippen molar-refractivity contribution in [2.75, 3.05) is 54.0 Å². The molecule has 87 heavy (non-hydrogen) atoms. The number of anilines is 3. The molecular weight excluding hydrogens is 1230 g/mol. The Kier molecular flexibility index (Phi) is 23.4. The largest absolute Gasteiger partial charge is 0.494 e. The number of pyridine rings is 5. The van der Waals surface area contributed by atoms with Gasteiger partial charge in [0.25, 0.3) is 0 Å². The number of hydrogen-bond acceptors (Lipinski definition) is 16. The van der Waals surface area contributed by atoms with E-state index in [1.807, 2.05) is 176 Å². The van der Waals surface area contributed by atoms with Crippen LogP contribution in [0.25, 0.3) is 11.3 Å². The molecule has 0 radical (unpaired) electrons. The molecule has 3 atom stereocenters. The molecule has 12 rings (SSSR count). The highest BCUT2D eigenvalue weighted by Gasteiger charge is 2.52. The van der Waals surface area contributed by atoms with E-state index >= 15 is 0 Å². The molecule has 16 nitrogen and oxygen atoms in total. The van der Waals surface area contributed by atoms with E-state index in [2.05, 4.69) is 89.7 Å². The molecule has 3 aromatic carbocycles. The predicted molar refractivity (Wildman–Crippen MR) is 353 cm³/mol. The van der Waals surface area contributed by atoms with Gasteiger partial charge in [-0.15, -0.1) is 0 Å². The van der Waals surface area contributed by atoms with Gasteiger partial charge in [-0.25, -0.2) is 19.9 Å². The fourth-order valence-electron chi connectivity index (χ4n) is 10.4. The molecule has 458 valence electrons.